The van der Waals surface area contributed by atoms with E-state index in [9.17, 15) is 0 Å². The minimum Gasteiger partial charge on any atom is -0.497 e. The predicted octanol–water partition coefficient (Wildman–Crippen LogP) is 2.74. The van der Waals surface area contributed by atoms with Gasteiger partial charge in [-0.15, -0.1) is 0 Å². The number of ether oxygens (including phenoxy) is 3. The van der Waals surface area contributed by atoms with Crippen LogP contribution in [0.4, 0.5) is 5.69 Å². The molecule has 0 aliphatic carbocycles. The summed E-state index contributed by atoms with van der Waals surface area (Å²) in [6.45, 7) is 0.315. The number of benzene rings is 2. The van der Waals surface area contributed by atoms with Crippen molar-refractivity contribution < 1.29 is 14.2 Å². The smallest absolute Gasteiger partial charge is 0.142 e. The molecule has 0 aromatic heterocycles. The molecule has 0 unspecified atom stereocenters. The lowest BCUT2D eigenvalue weighted by atomic mass is 10.1. The highest BCUT2D eigenvalue weighted by Gasteiger charge is 2.06. The maximum Gasteiger partial charge on any atom is 0.142 e. The molecule has 0 heterocycles. The highest BCUT2D eigenvalue weighted by molar-refractivity contribution is 5.56. The van der Waals surface area contributed by atoms with Crippen LogP contribution in [0.25, 0.3) is 0 Å². The van der Waals surface area contributed by atoms with Crippen LogP contribution in [-0.4, -0.2) is 14.2 Å². The summed E-state index contributed by atoms with van der Waals surface area (Å²) in [5.41, 5.74) is 7.73. The molecule has 0 amide bonds. The molecule has 0 saturated carbocycles. The van der Waals surface area contributed by atoms with Crippen LogP contribution < -0.4 is 19.9 Å². The highest BCUT2D eigenvalue weighted by Crippen LogP contribution is 2.27. The molecule has 108 valence electrons. The van der Waals surface area contributed by atoms with Crippen molar-refractivity contribution in [3.8, 4) is 23.3 Å². The largest absolute Gasteiger partial charge is 0.497 e. The summed E-state index contributed by atoms with van der Waals surface area (Å²) in [5.74, 6) is 1.80. The van der Waals surface area contributed by atoms with E-state index in [4.69, 9.17) is 25.2 Å². The Morgan fingerprint density at radius 1 is 1.05 bits per heavy atom. The number of anilines is 1. The minimum absolute atomic E-state index is 0.315. The highest BCUT2D eigenvalue weighted by atomic mass is 16.5. The quantitative estimate of drug-likeness (QED) is 0.854. The Morgan fingerprint density at radius 2 is 1.81 bits per heavy atom. The molecule has 2 aromatic rings. The molecule has 0 radical (unpaired) electrons. The molecule has 0 atom stereocenters. The average Bonchev–Trinajstić information content (AvgIpc) is 2.53. The van der Waals surface area contributed by atoms with Crippen molar-refractivity contribution in [3.05, 3.63) is 47.5 Å². The lowest BCUT2D eigenvalue weighted by molar-refractivity contribution is 0.307. The van der Waals surface area contributed by atoms with Crippen LogP contribution in [-0.2, 0) is 6.61 Å². The number of nitriles is 1. The van der Waals surface area contributed by atoms with Gasteiger partial charge in [-0.25, -0.2) is 0 Å². The van der Waals surface area contributed by atoms with Gasteiger partial charge in [0.25, 0.3) is 0 Å². The van der Waals surface area contributed by atoms with Gasteiger partial charge in [-0.1, -0.05) is 6.07 Å². The van der Waals surface area contributed by atoms with Crippen molar-refractivity contribution in [3.63, 3.8) is 0 Å². The molecule has 0 aliphatic rings. The Morgan fingerprint density at radius 3 is 2.43 bits per heavy atom. The molecular formula is C16H16N2O3. The van der Waals surface area contributed by atoms with Crippen LogP contribution in [0, 0.1) is 11.3 Å². The molecule has 0 fully saturated rings. The van der Waals surface area contributed by atoms with Gasteiger partial charge in [-0.2, -0.15) is 5.26 Å². The Kier molecular flexibility index (Phi) is 4.52. The first-order chi connectivity index (χ1) is 10.2. The standard InChI is InChI=1S/C16H16N2O3/c1-19-13-4-6-16(14(18)8-13)21-10-11-3-5-15(20-2)12(7-11)9-17/h3-8H,10,18H2,1-2H3. The van der Waals surface area contributed by atoms with E-state index in [1.807, 2.05) is 6.07 Å². The molecular weight excluding hydrogens is 268 g/mol. The summed E-state index contributed by atoms with van der Waals surface area (Å²) in [7, 11) is 3.11. The Balaban J connectivity index is 2.11. The summed E-state index contributed by atoms with van der Waals surface area (Å²) in [5, 5.41) is 9.06. The second kappa shape index (κ2) is 6.53. The van der Waals surface area contributed by atoms with Crippen LogP contribution >= 0.6 is 0 Å². The van der Waals surface area contributed by atoms with Gasteiger partial charge in [0.1, 0.15) is 29.9 Å². The van der Waals surface area contributed by atoms with Gasteiger partial charge >= 0.3 is 0 Å². The van der Waals surface area contributed by atoms with Gasteiger partial charge in [0.05, 0.1) is 25.5 Å². The molecule has 0 aliphatic heterocycles. The lowest BCUT2D eigenvalue weighted by Gasteiger charge is -2.11. The third kappa shape index (κ3) is 3.37. The van der Waals surface area contributed by atoms with Crippen molar-refractivity contribution in [2.24, 2.45) is 0 Å². The summed E-state index contributed by atoms with van der Waals surface area (Å²) in [4.78, 5) is 0. The van der Waals surface area contributed by atoms with E-state index >= 15 is 0 Å². The SMILES string of the molecule is COc1ccc(OCc2ccc(OC)c(C#N)c2)c(N)c1. The molecule has 21 heavy (non-hydrogen) atoms. The van der Waals surface area contributed by atoms with Crippen LogP contribution in [0.2, 0.25) is 0 Å². The number of nitrogens with zero attached hydrogens (tertiary/aromatic N) is 1. The first-order valence-electron chi connectivity index (χ1n) is 6.31. The van der Waals surface area contributed by atoms with Gasteiger partial charge in [-0.05, 0) is 29.8 Å². The second-order valence-electron chi connectivity index (χ2n) is 4.34. The minimum atomic E-state index is 0.315. The topological polar surface area (TPSA) is 77.5 Å². The van der Waals surface area contributed by atoms with E-state index < -0.39 is 0 Å². The van der Waals surface area contributed by atoms with E-state index in [1.54, 1.807) is 37.4 Å². The number of nitrogens with two attached hydrogens (primary N) is 1. The molecule has 2 aromatic carbocycles. The Bertz CT molecular complexity index is 678. The third-order valence-corrected chi connectivity index (χ3v) is 3.00. The van der Waals surface area contributed by atoms with Gasteiger partial charge in [-0.3, -0.25) is 0 Å². The van der Waals surface area contributed by atoms with Crippen LogP contribution in [0.3, 0.4) is 0 Å². The number of methoxy groups -OCH3 is 2. The monoisotopic (exact) mass is 284 g/mol. The number of hydrogen-bond acceptors (Lipinski definition) is 5. The van der Waals surface area contributed by atoms with Crippen LogP contribution in [0.5, 0.6) is 17.2 Å². The zero-order chi connectivity index (χ0) is 15.2. The van der Waals surface area contributed by atoms with Crippen molar-refractivity contribution in [2.45, 2.75) is 6.61 Å². The van der Waals surface area contributed by atoms with Crippen LogP contribution in [0.15, 0.2) is 36.4 Å². The normalized spacial score (nSPS) is 9.76. The first kappa shape index (κ1) is 14.5. The van der Waals surface area contributed by atoms with Crippen molar-refractivity contribution >= 4 is 5.69 Å². The lowest BCUT2D eigenvalue weighted by Crippen LogP contribution is -2.00. The van der Waals surface area contributed by atoms with Gasteiger partial charge in [0, 0.05) is 6.07 Å². The van der Waals surface area contributed by atoms with Crippen LogP contribution in [0.1, 0.15) is 11.1 Å². The van der Waals surface area contributed by atoms with Crippen molar-refractivity contribution in [1.82, 2.24) is 0 Å². The first-order valence-corrected chi connectivity index (χ1v) is 6.31. The Labute approximate surface area is 123 Å². The van der Waals surface area contributed by atoms with E-state index in [2.05, 4.69) is 6.07 Å². The Hall–Kier alpha value is -2.87. The summed E-state index contributed by atoms with van der Waals surface area (Å²) >= 11 is 0. The van der Waals surface area contributed by atoms with Crippen molar-refractivity contribution in [2.75, 3.05) is 20.0 Å². The fourth-order valence-corrected chi connectivity index (χ4v) is 1.88. The molecule has 5 nitrogen and oxygen atoms in total. The van der Waals surface area contributed by atoms with E-state index in [0.717, 1.165) is 5.56 Å². The third-order valence-electron chi connectivity index (χ3n) is 3.00. The maximum absolute atomic E-state index is 9.06. The fourth-order valence-electron chi connectivity index (χ4n) is 1.88. The molecule has 0 saturated heterocycles. The average molecular weight is 284 g/mol. The number of rotatable bonds is 5. The number of hydrogen-bond donors (Lipinski definition) is 1. The zero-order valence-electron chi connectivity index (χ0n) is 11.9. The van der Waals surface area contributed by atoms with Crippen molar-refractivity contribution in [1.29, 1.82) is 5.26 Å². The maximum atomic E-state index is 9.06. The molecule has 2 rings (SSSR count). The van der Waals surface area contributed by atoms with E-state index in [-0.39, 0.29) is 0 Å². The summed E-state index contributed by atoms with van der Waals surface area (Å²) in [6.07, 6.45) is 0. The molecule has 0 spiro atoms. The molecule has 0 bridgehead atoms. The predicted molar refractivity (Wildman–Crippen MR) is 79.4 cm³/mol. The zero-order valence-corrected chi connectivity index (χ0v) is 11.9. The second-order valence-corrected chi connectivity index (χ2v) is 4.34. The van der Waals surface area contributed by atoms with Gasteiger partial charge in [0.15, 0.2) is 0 Å². The van der Waals surface area contributed by atoms with E-state index in [0.29, 0.717) is 35.1 Å². The number of nitrogen functional groups attached to an aromatic ring is 1. The molecule has 5 heteroatoms. The van der Waals surface area contributed by atoms with Gasteiger partial charge < -0.3 is 19.9 Å². The summed E-state index contributed by atoms with van der Waals surface area (Å²) in [6, 6.07) is 12.6. The molecule has 2 N–H and O–H groups in total. The fraction of sp³-hybridized carbons (Fsp3) is 0.188. The van der Waals surface area contributed by atoms with Gasteiger partial charge in [0.2, 0.25) is 0 Å². The van der Waals surface area contributed by atoms with E-state index in [1.165, 1.54) is 7.11 Å². The summed E-state index contributed by atoms with van der Waals surface area (Å²) < 4.78 is 15.8.